The first kappa shape index (κ1) is 11.5. The van der Waals surface area contributed by atoms with Gasteiger partial charge in [-0.05, 0) is 36.1 Å². The standard InChI is InChI=1S/C16H16O/c1-11-9-10-12(2)16(17)15(11)13(3)14-7-5-4-6-8-14/h4-10,17H,3H2,1-2H3. The second kappa shape index (κ2) is 4.46. The van der Waals surface area contributed by atoms with Crippen molar-refractivity contribution in [3.63, 3.8) is 0 Å². The van der Waals surface area contributed by atoms with Crippen molar-refractivity contribution in [2.24, 2.45) is 0 Å². The van der Waals surface area contributed by atoms with E-state index >= 15 is 0 Å². The molecule has 0 spiro atoms. The quantitative estimate of drug-likeness (QED) is 0.815. The predicted molar refractivity (Wildman–Crippen MR) is 72.2 cm³/mol. The summed E-state index contributed by atoms with van der Waals surface area (Å²) in [7, 11) is 0. The van der Waals surface area contributed by atoms with Gasteiger partial charge in [0.1, 0.15) is 5.75 Å². The molecule has 1 heteroatoms. The van der Waals surface area contributed by atoms with Crippen LogP contribution in [0.15, 0.2) is 49.0 Å². The highest BCUT2D eigenvalue weighted by molar-refractivity contribution is 5.83. The van der Waals surface area contributed by atoms with Crippen LogP contribution in [0.3, 0.4) is 0 Å². The number of hydrogen-bond acceptors (Lipinski definition) is 1. The lowest BCUT2D eigenvalue weighted by Crippen LogP contribution is -1.92. The number of phenolic OH excluding ortho intramolecular Hbond substituents is 1. The Hall–Kier alpha value is -2.02. The maximum absolute atomic E-state index is 10.1. The molecule has 0 radical (unpaired) electrons. The van der Waals surface area contributed by atoms with Gasteiger partial charge in [-0.15, -0.1) is 0 Å². The second-order valence-corrected chi connectivity index (χ2v) is 4.27. The highest BCUT2D eigenvalue weighted by Gasteiger charge is 2.12. The Bertz CT molecular complexity index is 553. The molecule has 0 amide bonds. The lowest BCUT2D eigenvalue weighted by molar-refractivity contribution is 0.469. The van der Waals surface area contributed by atoms with E-state index in [0.717, 1.165) is 27.8 Å². The first-order valence-electron chi connectivity index (χ1n) is 5.65. The Labute approximate surface area is 102 Å². The Kier molecular flexibility index (Phi) is 3.01. The number of rotatable bonds is 2. The zero-order valence-electron chi connectivity index (χ0n) is 10.2. The first-order valence-corrected chi connectivity index (χ1v) is 5.65. The number of benzene rings is 2. The Balaban J connectivity index is 2.56. The van der Waals surface area contributed by atoms with Crippen LogP contribution in [0.4, 0.5) is 0 Å². The van der Waals surface area contributed by atoms with Crippen molar-refractivity contribution in [3.05, 3.63) is 71.3 Å². The van der Waals surface area contributed by atoms with E-state index in [4.69, 9.17) is 0 Å². The molecule has 1 N–H and O–H groups in total. The van der Waals surface area contributed by atoms with E-state index in [1.54, 1.807) is 0 Å². The zero-order chi connectivity index (χ0) is 12.4. The van der Waals surface area contributed by atoms with Crippen LogP contribution in [-0.4, -0.2) is 5.11 Å². The third-order valence-corrected chi connectivity index (χ3v) is 3.01. The molecular weight excluding hydrogens is 208 g/mol. The molecule has 86 valence electrons. The summed E-state index contributed by atoms with van der Waals surface area (Å²) in [5, 5.41) is 10.1. The maximum Gasteiger partial charge on any atom is 0.126 e. The van der Waals surface area contributed by atoms with Crippen LogP contribution in [0.2, 0.25) is 0 Å². The van der Waals surface area contributed by atoms with E-state index in [2.05, 4.69) is 6.58 Å². The molecule has 0 aliphatic heterocycles. The van der Waals surface area contributed by atoms with Crippen molar-refractivity contribution in [2.75, 3.05) is 0 Å². The highest BCUT2D eigenvalue weighted by Crippen LogP contribution is 2.33. The molecule has 0 bridgehead atoms. The molecule has 0 heterocycles. The summed E-state index contributed by atoms with van der Waals surface area (Å²) < 4.78 is 0. The molecule has 0 fully saturated rings. The van der Waals surface area contributed by atoms with Gasteiger partial charge in [0, 0.05) is 5.56 Å². The number of phenols is 1. The molecule has 0 aromatic heterocycles. The first-order chi connectivity index (χ1) is 8.11. The molecular formula is C16H16O. The fourth-order valence-corrected chi connectivity index (χ4v) is 1.96. The fourth-order valence-electron chi connectivity index (χ4n) is 1.96. The van der Waals surface area contributed by atoms with Crippen LogP contribution in [-0.2, 0) is 0 Å². The molecule has 0 atom stereocenters. The Morgan fingerprint density at radius 2 is 1.53 bits per heavy atom. The smallest absolute Gasteiger partial charge is 0.126 e. The Morgan fingerprint density at radius 3 is 2.18 bits per heavy atom. The summed E-state index contributed by atoms with van der Waals surface area (Å²) in [6, 6.07) is 13.9. The van der Waals surface area contributed by atoms with Gasteiger partial charge in [-0.25, -0.2) is 0 Å². The largest absolute Gasteiger partial charge is 0.507 e. The average molecular weight is 224 g/mol. The van der Waals surface area contributed by atoms with Gasteiger partial charge < -0.3 is 5.11 Å². The molecule has 2 aromatic carbocycles. The molecule has 2 aromatic rings. The molecule has 0 aliphatic rings. The van der Waals surface area contributed by atoms with E-state index in [1.165, 1.54) is 0 Å². The summed E-state index contributed by atoms with van der Waals surface area (Å²) in [6.07, 6.45) is 0. The fraction of sp³-hybridized carbons (Fsp3) is 0.125. The van der Waals surface area contributed by atoms with Gasteiger partial charge in [0.2, 0.25) is 0 Å². The minimum absolute atomic E-state index is 0.332. The predicted octanol–water partition coefficient (Wildman–Crippen LogP) is 4.07. The van der Waals surface area contributed by atoms with Gasteiger partial charge in [-0.2, -0.15) is 0 Å². The summed E-state index contributed by atoms with van der Waals surface area (Å²) >= 11 is 0. The van der Waals surface area contributed by atoms with Crippen molar-refractivity contribution >= 4 is 5.57 Å². The van der Waals surface area contributed by atoms with Crippen LogP contribution in [0.1, 0.15) is 22.3 Å². The van der Waals surface area contributed by atoms with Gasteiger partial charge in [0.25, 0.3) is 0 Å². The second-order valence-electron chi connectivity index (χ2n) is 4.27. The topological polar surface area (TPSA) is 20.2 Å². The van der Waals surface area contributed by atoms with Gasteiger partial charge >= 0.3 is 0 Å². The number of hydrogen-bond donors (Lipinski definition) is 1. The maximum atomic E-state index is 10.1. The minimum Gasteiger partial charge on any atom is -0.507 e. The average Bonchev–Trinajstić information content (AvgIpc) is 2.35. The molecule has 0 saturated carbocycles. The van der Waals surface area contributed by atoms with Gasteiger partial charge in [-0.3, -0.25) is 0 Å². The Morgan fingerprint density at radius 1 is 0.941 bits per heavy atom. The van der Waals surface area contributed by atoms with Crippen molar-refractivity contribution in [2.45, 2.75) is 13.8 Å². The van der Waals surface area contributed by atoms with Gasteiger partial charge in [0.15, 0.2) is 0 Å². The molecule has 1 nitrogen and oxygen atoms in total. The minimum atomic E-state index is 0.332. The number of aromatic hydroxyl groups is 1. The van der Waals surface area contributed by atoms with E-state index in [-0.39, 0.29) is 0 Å². The van der Waals surface area contributed by atoms with Gasteiger partial charge in [-0.1, -0.05) is 49.0 Å². The van der Waals surface area contributed by atoms with E-state index in [0.29, 0.717) is 5.75 Å². The van der Waals surface area contributed by atoms with Crippen LogP contribution in [0, 0.1) is 13.8 Å². The third-order valence-electron chi connectivity index (χ3n) is 3.01. The van der Waals surface area contributed by atoms with E-state index in [9.17, 15) is 5.11 Å². The summed E-state index contributed by atoms with van der Waals surface area (Å²) in [5.41, 5.74) is 4.67. The van der Waals surface area contributed by atoms with Crippen molar-refractivity contribution in [1.29, 1.82) is 0 Å². The lowest BCUT2D eigenvalue weighted by atomic mass is 9.93. The third kappa shape index (κ3) is 2.09. The monoisotopic (exact) mass is 224 g/mol. The van der Waals surface area contributed by atoms with Crippen molar-refractivity contribution in [1.82, 2.24) is 0 Å². The SMILES string of the molecule is C=C(c1ccccc1)c1c(C)ccc(C)c1O. The zero-order valence-corrected chi connectivity index (χ0v) is 10.2. The summed E-state index contributed by atoms with van der Waals surface area (Å²) in [6.45, 7) is 7.99. The van der Waals surface area contributed by atoms with E-state index in [1.807, 2.05) is 56.3 Å². The molecule has 0 unspecified atom stereocenters. The molecule has 0 aliphatic carbocycles. The van der Waals surface area contributed by atoms with Crippen LogP contribution >= 0.6 is 0 Å². The summed E-state index contributed by atoms with van der Waals surface area (Å²) in [4.78, 5) is 0. The van der Waals surface area contributed by atoms with Crippen LogP contribution in [0.5, 0.6) is 5.75 Å². The van der Waals surface area contributed by atoms with Crippen molar-refractivity contribution < 1.29 is 5.11 Å². The molecule has 17 heavy (non-hydrogen) atoms. The number of aryl methyl sites for hydroxylation is 2. The molecule has 2 rings (SSSR count). The van der Waals surface area contributed by atoms with E-state index < -0.39 is 0 Å². The summed E-state index contributed by atoms with van der Waals surface area (Å²) in [5.74, 6) is 0.332. The van der Waals surface area contributed by atoms with Crippen molar-refractivity contribution in [3.8, 4) is 5.75 Å². The van der Waals surface area contributed by atoms with Crippen LogP contribution < -0.4 is 0 Å². The lowest BCUT2D eigenvalue weighted by Gasteiger charge is -2.13. The normalized spacial score (nSPS) is 10.2. The van der Waals surface area contributed by atoms with Gasteiger partial charge in [0.05, 0.1) is 0 Å². The molecule has 0 saturated heterocycles. The van der Waals surface area contributed by atoms with Crippen LogP contribution in [0.25, 0.3) is 5.57 Å². The highest BCUT2D eigenvalue weighted by atomic mass is 16.3.